The lowest BCUT2D eigenvalue weighted by atomic mass is 10.3. The van der Waals surface area contributed by atoms with Crippen molar-refractivity contribution < 1.29 is 4.57 Å². The number of rotatable bonds is 0. The lowest BCUT2D eigenvalue weighted by molar-refractivity contribution is -0.675. The second-order valence-electron chi connectivity index (χ2n) is 2.22. The number of anilines is 1. The second-order valence-corrected chi connectivity index (χ2v) is 2.22. The van der Waals surface area contributed by atoms with E-state index in [4.69, 9.17) is 5.73 Å². The fraction of sp³-hybridized carbons (Fsp3) is 0.333. The van der Waals surface area contributed by atoms with E-state index in [2.05, 4.69) is 4.98 Å². The maximum Gasteiger partial charge on any atom is 0.440 e. The Labute approximate surface area is 58.3 Å². The summed E-state index contributed by atoms with van der Waals surface area (Å²) < 4.78 is 1.37. The predicted molar refractivity (Wildman–Crippen MR) is 37.4 cm³/mol. The van der Waals surface area contributed by atoms with Crippen molar-refractivity contribution >= 4 is 5.82 Å². The number of H-pyrrole nitrogens is 1. The van der Waals surface area contributed by atoms with Crippen LogP contribution in [-0.4, -0.2) is 4.98 Å². The molecule has 4 nitrogen and oxygen atoms in total. The third kappa shape index (κ3) is 0.877. The Hall–Kier alpha value is -1.32. The molecule has 1 aromatic rings. The molecule has 0 spiro atoms. The molecular weight excluding hydrogens is 130 g/mol. The normalized spacial score (nSPS) is 9.80. The van der Waals surface area contributed by atoms with E-state index in [1.165, 1.54) is 4.57 Å². The monoisotopic (exact) mass is 140 g/mol. The van der Waals surface area contributed by atoms with Gasteiger partial charge in [0, 0.05) is 0 Å². The average molecular weight is 140 g/mol. The van der Waals surface area contributed by atoms with Gasteiger partial charge in [-0.05, 0) is 6.92 Å². The summed E-state index contributed by atoms with van der Waals surface area (Å²) in [6.45, 7) is 1.84. The molecule has 1 aromatic heterocycles. The van der Waals surface area contributed by atoms with Crippen molar-refractivity contribution in [2.24, 2.45) is 7.05 Å². The van der Waals surface area contributed by atoms with Gasteiger partial charge in [-0.3, -0.25) is 0 Å². The number of nitrogens with zero attached hydrogens (tertiary/aromatic N) is 1. The van der Waals surface area contributed by atoms with Crippen LogP contribution in [0.2, 0.25) is 0 Å². The maximum absolute atomic E-state index is 10.8. The molecule has 0 atom stereocenters. The van der Waals surface area contributed by atoms with Crippen LogP contribution in [-0.2, 0) is 7.05 Å². The summed E-state index contributed by atoms with van der Waals surface area (Å²) in [7, 11) is 1.63. The third-order valence-corrected chi connectivity index (χ3v) is 1.48. The summed E-state index contributed by atoms with van der Waals surface area (Å²) in [5.74, 6) is 0.503. The number of hydrogen-bond acceptors (Lipinski definition) is 2. The molecule has 0 aliphatic carbocycles. The Morgan fingerprint density at radius 2 is 2.30 bits per heavy atom. The zero-order valence-electron chi connectivity index (χ0n) is 6.01. The number of aromatic amines is 1. The van der Waals surface area contributed by atoms with Gasteiger partial charge in [-0.1, -0.05) is 0 Å². The van der Waals surface area contributed by atoms with Gasteiger partial charge < -0.3 is 5.73 Å². The van der Waals surface area contributed by atoms with Crippen LogP contribution in [0.1, 0.15) is 5.56 Å². The summed E-state index contributed by atoms with van der Waals surface area (Å²) in [6.07, 6.45) is 1.59. The van der Waals surface area contributed by atoms with Gasteiger partial charge in [-0.15, -0.1) is 0 Å². The van der Waals surface area contributed by atoms with Gasteiger partial charge in [-0.2, -0.15) is 4.57 Å². The Morgan fingerprint density at radius 3 is 2.80 bits per heavy atom. The Morgan fingerprint density at radius 1 is 1.70 bits per heavy atom. The highest BCUT2D eigenvalue weighted by atomic mass is 16.1. The first-order valence-corrected chi connectivity index (χ1v) is 2.96. The summed E-state index contributed by atoms with van der Waals surface area (Å²) in [5.41, 5.74) is 6.21. The minimum atomic E-state index is -0.192. The number of aromatic nitrogens is 2. The second kappa shape index (κ2) is 2.13. The lowest BCUT2D eigenvalue weighted by Crippen LogP contribution is -2.50. The van der Waals surface area contributed by atoms with Crippen molar-refractivity contribution in [3.8, 4) is 0 Å². The van der Waals surface area contributed by atoms with Crippen LogP contribution in [0.25, 0.3) is 0 Å². The number of nitrogen functional groups attached to an aromatic ring is 1. The van der Waals surface area contributed by atoms with E-state index in [1.54, 1.807) is 13.2 Å². The molecule has 54 valence electrons. The zero-order chi connectivity index (χ0) is 7.72. The van der Waals surface area contributed by atoms with Crippen LogP contribution >= 0.6 is 0 Å². The molecule has 0 aliphatic heterocycles. The highest BCUT2D eigenvalue weighted by molar-refractivity contribution is 5.29. The first-order valence-electron chi connectivity index (χ1n) is 2.96. The first kappa shape index (κ1) is 6.80. The highest BCUT2D eigenvalue weighted by Crippen LogP contribution is 1.95. The lowest BCUT2D eigenvalue weighted by Gasteiger charge is -1.95. The fourth-order valence-corrected chi connectivity index (χ4v) is 0.715. The van der Waals surface area contributed by atoms with E-state index < -0.39 is 0 Å². The van der Waals surface area contributed by atoms with E-state index >= 15 is 0 Å². The van der Waals surface area contributed by atoms with Crippen molar-refractivity contribution in [1.29, 1.82) is 0 Å². The van der Waals surface area contributed by atoms with E-state index in [1.807, 2.05) is 6.92 Å². The van der Waals surface area contributed by atoms with Crippen LogP contribution in [0.5, 0.6) is 0 Å². The molecule has 0 bridgehead atoms. The van der Waals surface area contributed by atoms with Gasteiger partial charge in [-0.25, -0.2) is 9.78 Å². The summed E-state index contributed by atoms with van der Waals surface area (Å²) in [4.78, 5) is 13.4. The van der Waals surface area contributed by atoms with Gasteiger partial charge in [0.1, 0.15) is 0 Å². The van der Waals surface area contributed by atoms with Crippen molar-refractivity contribution in [3.63, 3.8) is 0 Å². The molecule has 0 aliphatic rings. The predicted octanol–water partition coefficient (Wildman–Crippen LogP) is -0.910. The third-order valence-electron chi connectivity index (χ3n) is 1.48. The molecule has 0 aromatic carbocycles. The molecule has 0 saturated carbocycles. The highest BCUT2D eigenvalue weighted by Gasteiger charge is 2.04. The van der Waals surface area contributed by atoms with Gasteiger partial charge in [0.05, 0.1) is 18.8 Å². The van der Waals surface area contributed by atoms with E-state index in [9.17, 15) is 4.79 Å². The summed E-state index contributed by atoms with van der Waals surface area (Å²) in [6, 6.07) is 0. The molecular formula is C6H10N3O+. The van der Waals surface area contributed by atoms with E-state index in [-0.39, 0.29) is 5.69 Å². The number of nitrogens with two attached hydrogens (primary N) is 1. The van der Waals surface area contributed by atoms with Crippen molar-refractivity contribution in [2.75, 3.05) is 5.73 Å². The van der Waals surface area contributed by atoms with Gasteiger partial charge in [0.2, 0.25) is 5.82 Å². The first-order chi connectivity index (χ1) is 4.63. The summed E-state index contributed by atoms with van der Waals surface area (Å²) >= 11 is 0. The molecule has 0 unspecified atom stereocenters. The Bertz CT molecular complexity index is 302. The maximum atomic E-state index is 10.8. The van der Waals surface area contributed by atoms with Crippen molar-refractivity contribution in [3.05, 3.63) is 22.2 Å². The molecule has 0 radical (unpaired) electrons. The number of nitrogens with one attached hydrogen (secondary N) is 1. The quantitative estimate of drug-likeness (QED) is 0.458. The minimum absolute atomic E-state index is 0.192. The number of aryl methyl sites for hydroxylation is 1. The largest absolute Gasteiger partial charge is 0.440 e. The van der Waals surface area contributed by atoms with Crippen LogP contribution in [0.15, 0.2) is 11.0 Å². The van der Waals surface area contributed by atoms with Gasteiger partial charge in [0.15, 0.2) is 0 Å². The molecule has 4 heteroatoms. The van der Waals surface area contributed by atoms with Crippen LogP contribution in [0.4, 0.5) is 5.82 Å². The topological polar surface area (TPSA) is 62.8 Å². The Kier molecular flexibility index (Phi) is 1.45. The smallest absolute Gasteiger partial charge is 0.318 e. The van der Waals surface area contributed by atoms with Crippen molar-refractivity contribution in [2.45, 2.75) is 6.92 Å². The zero-order valence-corrected chi connectivity index (χ0v) is 6.01. The van der Waals surface area contributed by atoms with Crippen LogP contribution in [0, 0.1) is 6.92 Å². The van der Waals surface area contributed by atoms with E-state index in [0.717, 1.165) is 5.56 Å². The SMILES string of the molecule is Cc1c[nH]c(=O)[n+](C)c1N. The van der Waals surface area contributed by atoms with Gasteiger partial charge in [0.25, 0.3) is 0 Å². The Balaban J connectivity index is 3.49. The summed E-state index contributed by atoms with van der Waals surface area (Å²) in [5, 5.41) is 0. The molecule has 3 N–H and O–H groups in total. The van der Waals surface area contributed by atoms with Crippen LogP contribution in [0.3, 0.4) is 0 Å². The van der Waals surface area contributed by atoms with Crippen LogP contribution < -0.4 is 16.0 Å². The fourth-order valence-electron chi connectivity index (χ4n) is 0.715. The van der Waals surface area contributed by atoms with Crippen molar-refractivity contribution in [1.82, 2.24) is 4.98 Å². The standard InChI is InChI=1S/C6H9N3O/c1-4-3-8-6(10)9(2)5(4)7/h3H,1-2H3,(H2,7,8,10)/p+1. The number of hydrogen-bond donors (Lipinski definition) is 2. The molecule has 1 rings (SSSR count). The molecule has 0 saturated heterocycles. The molecule has 1 heterocycles. The van der Waals surface area contributed by atoms with Gasteiger partial charge >= 0.3 is 5.69 Å². The minimum Gasteiger partial charge on any atom is -0.318 e. The molecule has 10 heavy (non-hydrogen) atoms. The molecule has 0 amide bonds. The average Bonchev–Trinajstić information content (AvgIpc) is 1.93. The van der Waals surface area contributed by atoms with E-state index in [0.29, 0.717) is 5.82 Å². The molecule has 0 fully saturated rings.